The van der Waals surface area contributed by atoms with E-state index in [9.17, 15) is 8.42 Å². The Labute approximate surface area is 127 Å². The summed E-state index contributed by atoms with van der Waals surface area (Å²) in [6.07, 6.45) is 4.72. The van der Waals surface area contributed by atoms with E-state index in [1.807, 2.05) is 20.9 Å². The first kappa shape index (κ1) is 18.1. The van der Waals surface area contributed by atoms with E-state index >= 15 is 0 Å². The van der Waals surface area contributed by atoms with Gasteiger partial charge < -0.3 is 10.1 Å². The van der Waals surface area contributed by atoms with Crippen LogP contribution in [-0.4, -0.2) is 51.0 Å². The molecule has 0 spiro atoms. The molecule has 7 nitrogen and oxygen atoms in total. The van der Waals surface area contributed by atoms with E-state index in [4.69, 9.17) is 4.74 Å². The van der Waals surface area contributed by atoms with Crippen LogP contribution in [0.1, 0.15) is 26.7 Å². The standard InChI is InChI=1S/C13H26N4O3S/c1-12(2)20-9-5-4-6-16-21(18,19)13-10-15-17(11-13)8-7-14-3/h10-12,14,16H,4-9H2,1-3H3. The molecular weight excluding hydrogens is 292 g/mol. The largest absolute Gasteiger partial charge is 0.379 e. The number of aromatic nitrogens is 2. The summed E-state index contributed by atoms with van der Waals surface area (Å²) in [5.41, 5.74) is 0. The molecule has 21 heavy (non-hydrogen) atoms. The molecule has 0 fully saturated rings. The van der Waals surface area contributed by atoms with E-state index < -0.39 is 10.0 Å². The highest BCUT2D eigenvalue weighted by atomic mass is 32.2. The first-order valence-corrected chi connectivity index (χ1v) is 8.72. The molecule has 1 heterocycles. The van der Waals surface area contributed by atoms with E-state index in [0.29, 0.717) is 19.7 Å². The highest BCUT2D eigenvalue weighted by molar-refractivity contribution is 7.89. The van der Waals surface area contributed by atoms with Gasteiger partial charge in [-0.1, -0.05) is 0 Å². The quantitative estimate of drug-likeness (QED) is 0.583. The summed E-state index contributed by atoms with van der Waals surface area (Å²) in [5.74, 6) is 0. The van der Waals surface area contributed by atoms with Crippen molar-refractivity contribution in [3.8, 4) is 0 Å². The van der Waals surface area contributed by atoms with Gasteiger partial charge in [0, 0.05) is 25.9 Å². The number of likely N-dealkylation sites (N-methyl/N-ethyl adjacent to an activating group) is 1. The molecule has 0 atom stereocenters. The van der Waals surface area contributed by atoms with E-state index in [-0.39, 0.29) is 11.0 Å². The number of unbranched alkanes of at least 4 members (excludes halogenated alkanes) is 1. The third kappa shape index (κ3) is 7.03. The highest BCUT2D eigenvalue weighted by Crippen LogP contribution is 2.07. The van der Waals surface area contributed by atoms with Crippen LogP contribution in [0.25, 0.3) is 0 Å². The van der Waals surface area contributed by atoms with Crippen LogP contribution < -0.4 is 10.0 Å². The first-order valence-electron chi connectivity index (χ1n) is 7.24. The number of sulfonamides is 1. The number of hydrogen-bond acceptors (Lipinski definition) is 5. The van der Waals surface area contributed by atoms with Crippen LogP contribution >= 0.6 is 0 Å². The third-order valence-corrected chi connectivity index (χ3v) is 4.24. The fourth-order valence-corrected chi connectivity index (χ4v) is 2.69. The molecule has 0 saturated heterocycles. The average molecular weight is 318 g/mol. The molecule has 0 bridgehead atoms. The lowest BCUT2D eigenvalue weighted by Crippen LogP contribution is -2.24. The molecule has 0 saturated carbocycles. The van der Waals surface area contributed by atoms with Crippen molar-refractivity contribution in [2.24, 2.45) is 0 Å². The minimum atomic E-state index is -3.46. The van der Waals surface area contributed by atoms with Crippen LogP contribution in [0.5, 0.6) is 0 Å². The Hall–Kier alpha value is -0.960. The van der Waals surface area contributed by atoms with Crippen molar-refractivity contribution in [1.82, 2.24) is 19.8 Å². The molecule has 0 aliphatic carbocycles. The van der Waals surface area contributed by atoms with Crippen molar-refractivity contribution < 1.29 is 13.2 Å². The maximum absolute atomic E-state index is 12.0. The molecule has 1 aromatic rings. The fraction of sp³-hybridized carbons (Fsp3) is 0.769. The number of ether oxygens (including phenoxy) is 1. The lowest BCUT2D eigenvalue weighted by atomic mass is 10.3. The zero-order valence-corrected chi connectivity index (χ0v) is 13.8. The van der Waals surface area contributed by atoms with Crippen molar-refractivity contribution >= 4 is 10.0 Å². The molecular formula is C13H26N4O3S. The number of hydrogen-bond donors (Lipinski definition) is 2. The van der Waals surface area contributed by atoms with Gasteiger partial charge in [0.25, 0.3) is 0 Å². The van der Waals surface area contributed by atoms with Crippen molar-refractivity contribution in [1.29, 1.82) is 0 Å². The Kier molecular flexibility index (Phi) is 7.87. The fourth-order valence-electron chi connectivity index (χ4n) is 1.67. The van der Waals surface area contributed by atoms with E-state index in [1.54, 1.807) is 10.9 Å². The predicted molar refractivity (Wildman–Crippen MR) is 81.7 cm³/mol. The molecule has 2 N–H and O–H groups in total. The van der Waals surface area contributed by atoms with Crippen molar-refractivity contribution in [3.63, 3.8) is 0 Å². The summed E-state index contributed by atoms with van der Waals surface area (Å²) in [5, 5.41) is 7.02. The van der Waals surface area contributed by atoms with Crippen LogP contribution in [-0.2, 0) is 21.3 Å². The summed E-state index contributed by atoms with van der Waals surface area (Å²) in [6.45, 7) is 6.40. The van der Waals surface area contributed by atoms with Crippen LogP contribution in [0.3, 0.4) is 0 Å². The van der Waals surface area contributed by atoms with Gasteiger partial charge in [-0.3, -0.25) is 4.68 Å². The molecule has 1 rings (SSSR count). The molecule has 0 unspecified atom stereocenters. The van der Waals surface area contributed by atoms with Crippen molar-refractivity contribution in [3.05, 3.63) is 12.4 Å². The van der Waals surface area contributed by atoms with Crippen LogP contribution in [0, 0.1) is 0 Å². The molecule has 1 aromatic heterocycles. The highest BCUT2D eigenvalue weighted by Gasteiger charge is 2.15. The normalized spacial score (nSPS) is 12.2. The minimum Gasteiger partial charge on any atom is -0.379 e. The molecule has 8 heteroatoms. The Morgan fingerprint density at radius 1 is 1.33 bits per heavy atom. The molecule has 0 aliphatic rings. The third-order valence-electron chi connectivity index (χ3n) is 2.83. The second kappa shape index (κ2) is 9.14. The Balaban J connectivity index is 2.34. The van der Waals surface area contributed by atoms with Crippen molar-refractivity contribution in [2.45, 2.75) is 44.2 Å². The topological polar surface area (TPSA) is 85.2 Å². The summed E-state index contributed by atoms with van der Waals surface area (Å²) < 4.78 is 33.7. The number of nitrogens with zero attached hydrogens (tertiary/aromatic N) is 2. The van der Waals surface area contributed by atoms with Gasteiger partial charge in [-0.05, 0) is 33.7 Å². The van der Waals surface area contributed by atoms with Crippen LogP contribution in [0.4, 0.5) is 0 Å². The molecule has 0 amide bonds. The maximum Gasteiger partial charge on any atom is 0.243 e. The second-order valence-corrected chi connectivity index (χ2v) is 6.83. The first-order chi connectivity index (χ1) is 9.95. The zero-order valence-electron chi connectivity index (χ0n) is 13.0. The van der Waals surface area contributed by atoms with Crippen molar-refractivity contribution in [2.75, 3.05) is 26.7 Å². The van der Waals surface area contributed by atoms with Gasteiger partial charge in [-0.2, -0.15) is 5.10 Å². The molecule has 0 aromatic carbocycles. The zero-order chi connectivity index (χ0) is 15.7. The minimum absolute atomic E-state index is 0.206. The summed E-state index contributed by atoms with van der Waals surface area (Å²) in [4.78, 5) is 0.206. The van der Waals surface area contributed by atoms with Gasteiger partial charge in [-0.25, -0.2) is 13.1 Å². The Bertz CT molecular complexity index is 499. The van der Waals surface area contributed by atoms with Gasteiger partial charge >= 0.3 is 0 Å². The van der Waals surface area contributed by atoms with Crippen LogP contribution in [0.2, 0.25) is 0 Å². The Morgan fingerprint density at radius 2 is 2.10 bits per heavy atom. The maximum atomic E-state index is 12.0. The number of nitrogens with one attached hydrogen (secondary N) is 2. The lowest BCUT2D eigenvalue weighted by molar-refractivity contribution is 0.0762. The average Bonchev–Trinajstić information content (AvgIpc) is 2.89. The van der Waals surface area contributed by atoms with Gasteiger partial charge in [0.1, 0.15) is 4.90 Å². The molecule has 0 aliphatic heterocycles. The van der Waals surface area contributed by atoms with Gasteiger partial charge in [0.05, 0.1) is 18.8 Å². The van der Waals surface area contributed by atoms with Gasteiger partial charge in [0.15, 0.2) is 0 Å². The lowest BCUT2D eigenvalue weighted by Gasteiger charge is -2.07. The Morgan fingerprint density at radius 3 is 2.76 bits per heavy atom. The smallest absolute Gasteiger partial charge is 0.243 e. The van der Waals surface area contributed by atoms with Gasteiger partial charge in [-0.15, -0.1) is 0 Å². The monoisotopic (exact) mass is 318 g/mol. The summed E-state index contributed by atoms with van der Waals surface area (Å²) in [6, 6.07) is 0. The van der Waals surface area contributed by atoms with E-state index in [2.05, 4.69) is 15.1 Å². The molecule has 0 radical (unpaired) electrons. The van der Waals surface area contributed by atoms with E-state index in [0.717, 1.165) is 19.4 Å². The predicted octanol–water partition coefficient (Wildman–Crippen LogP) is 0.586. The summed E-state index contributed by atoms with van der Waals surface area (Å²) >= 11 is 0. The van der Waals surface area contributed by atoms with Gasteiger partial charge in [0.2, 0.25) is 10.0 Å². The van der Waals surface area contributed by atoms with E-state index in [1.165, 1.54) is 6.20 Å². The van der Waals surface area contributed by atoms with Crippen LogP contribution in [0.15, 0.2) is 17.3 Å². The SMILES string of the molecule is CNCCn1cc(S(=O)(=O)NCCCCOC(C)C)cn1. The second-order valence-electron chi connectivity index (χ2n) is 5.07. The number of rotatable bonds is 11. The summed E-state index contributed by atoms with van der Waals surface area (Å²) in [7, 11) is -1.62. The molecule has 122 valence electrons.